The number of halogens is 1. The van der Waals surface area contributed by atoms with Gasteiger partial charge in [0.25, 0.3) is 0 Å². The molecule has 2 heteroatoms. The predicted octanol–water partition coefficient (Wildman–Crippen LogP) is 4.34. The molecule has 0 heterocycles. The minimum Gasteiger partial charge on any atom is -0.299 e. The van der Waals surface area contributed by atoms with Crippen molar-refractivity contribution < 1.29 is 4.79 Å². The molecule has 92 valence electrons. The van der Waals surface area contributed by atoms with Crippen molar-refractivity contribution >= 4 is 17.4 Å². The maximum atomic E-state index is 12.1. The Bertz CT molecular complexity index is 405. The van der Waals surface area contributed by atoms with E-state index in [0.29, 0.717) is 12.2 Å². The molecule has 0 amide bonds. The van der Waals surface area contributed by atoms with Crippen LogP contribution in [0.4, 0.5) is 0 Å². The lowest BCUT2D eigenvalue weighted by Gasteiger charge is -2.20. The number of carbonyl (C=O) groups excluding carboxylic acids is 1. The van der Waals surface area contributed by atoms with Crippen molar-refractivity contribution in [2.24, 2.45) is 5.92 Å². The number of carbonyl (C=O) groups is 1. The maximum absolute atomic E-state index is 12.1. The Kier molecular flexibility index (Phi) is 4.22. The number of Topliss-reactive ketones (excluding diaryl/α,β-unsaturated/α-hetero) is 1. The fraction of sp³-hybridized carbons (Fsp3) is 0.533. The molecule has 0 N–H and O–H groups in total. The molecule has 17 heavy (non-hydrogen) atoms. The number of hydrogen-bond donors (Lipinski definition) is 0. The molecular weight excluding hydrogens is 232 g/mol. The first kappa shape index (κ1) is 12.6. The van der Waals surface area contributed by atoms with E-state index < -0.39 is 0 Å². The molecule has 1 saturated carbocycles. The van der Waals surface area contributed by atoms with E-state index in [0.717, 1.165) is 29.0 Å². The van der Waals surface area contributed by atoms with Gasteiger partial charge in [0.15, 0.2) is 0 Å². The Morgan fingerprint density at radius 1 is 1.29 bits per heavy atom. The van der Waals surface area contributed by atoms with E-state index in [1.54, 1.807) is 0 Å². The van der Waals surface area contributed by atoms with E-state index in [-0.39, 0.29) is 5.92 Å². The summed E-state index contributed by atoms with van der Waals surface area (Å²) in [5.41, 5.74) is 2.12. The van der Waals surface area contributed by atoms with E-state index in [1.807, 2.05) is 25.1 Å². The highest BCUT2D eigenvalue weighted by atomic mass is 35.5. The molecule has 0 aromatic heterocycles. The summed E-state index contributed by atoms with van der Waals surface area (Å²) in [7, 11) is 0. The van der Waals surface area contributed by atoms with Crippen molar-refractivity contribution in [1.82, 2.24) is 0 Å². The highest BCUT2D eigenvalue weighted by Gasteiger charge is 2.21. The van der Waals surface area contributed by atoms with Crippen LogP contribution in [0.25, 0.3) is 0 Å². The van der Waals surface area contributed by atoms with Gasteiger partial charge in [-0.05, 0) is 37.0 Å². The lowest BCUT2D eigenvalue weighted by Crippen LogP contribution is -2.19. The Morgan fingerprint density at radius 2 is 2.00 bits per heavy atom. The van der Waals surface area contributed by atoms with Gasteiger partial charge in [-0.25, -0.2) is 0 Å². The van der Waals surface area contributed by atoms with Crippen LogP contribution in [0, 0.1) is 12.8 Å². The van der Waals surface area contributed by atoms with Crippen LogP contribution in [0.3, 0.4) is 0 Å². The van der Waals surface area contributed by atoms with E-state index in [4.69, 9.17) is 11.6 Å². The van der Waals surface area contributed by atoms with Gasteiger partial charge in [0.1, 0.15) is 5.78 Å². The highest BCUT2D eigenvalue weighted by Crippen LogP contribution is 2.27. The smallest absolute Gasteiger partial charge is 0.140 e. The van der Waals surface area contributed by atoms with Crippen LogP contribution >= 0.6 is 11.6 Å². The van der Waals surface area contributed by atoms with Gasteiger partial charge >= 0.3 is 0 Å². The number of hydrogen-bond acceptors (Lipinski definition) is 1. The highest BCUT2D eigenvalue weighted by molar-refractivity contribution is 6.31. The van der Waals surface area contributed by atoms with Crippen molar-refractivity contribution in [1.29, 1.82) is 0 Å². The van der Waals surface area contributed by atoms with Crippen molar-refractivity contribution in [2.45, 2.75) is 45.4 Å². The van der Waals surface area contributed by atoms with E-state index in [1.165, 1.54) is 19.3 Å². The first-order valence-corrected chi connectivity index (χ1v) is 6.82. The molecule has 0 aliphatic heterocycles. The van der Waals surface area contributed by atoms with Crippen LogP contribution < -0.4 is 0 Å². The van der Waals surface area contributed by atoms with Gasteiger partial charge in [0.05, 0.1) is 0 Å². The molecular formula is C15H19ClO. The zero-order chi connectivity index (χ0) is 12.3. The monoisotopic (exact) mass is 250 g/mol. The quantitative estimate of drug-likeness (QED) is 0.780. The van der Waals surface area contributed by atoms with Gasteiger partial charge in [0.2, 0.25) is 0 Å². The molecule has 0 bridgehead atoms. The first-order chi connectivity index (χ1) is 8.16. The SMILES string of the molecule is Cc1ccc(CC(=O)C2CCCCC2)c(Cl)c1. The van der Waals surface area contributed by atoms with Crippen LogP contribution in [-0.2, 0) is 11.2 Å². The van der Waals surface area contributed by atoms with Crippen molar-refractivity contribution in [3.05, 3.63) is 34.3 Å². The number of rotatable bonds is 3. The Balaban J connectivity index is 2.02. The molecule has 1 aliphatic carbocycles. The summed E-state index contributed by atoms with van der Waals surface area (Å²) in [4.78, 5) is 12.1. The molecule has 1 fully saturated rings. The molecule has 1 aromatic rings. The third-order valence-corrected chi connectivity index (χ3v) is 3.99. The lowest BCUT2D eigenvalue weighted by molar-refractivity contribution is -0.123. The number of aryl methyl sites for hydroxylation is 1. The maximum Gasteiger partial charge on any atom is 0.140 e. The van der Waals surface area contributed by atoms with Gasteiger partial charge in [-0.3, -0.25) is 4.79 Å². The fourth-order valence-corrected chi connectivity index (χ4v) is 2.85. The summed E-state index contributed by atoms with van der Waals surface area (Å²) in [5, 5.41) is 0.731. The number of ketones is 1. The zero-order valence-electron chi connectivity index (χ0n) is 10.3. The topological polar surface area (TPSA) is 17.1 Å². The Labute approximate surface area is 108 Å². The first-order valence-electron chi connectivity index (χ1n) is 6.44. The summed E-state index contributed by atoms with van der Waals surface area (Å²) in [6.45, 7) is 2.01. The van der Waals surface area contributed by atoms with E-state index >= 15 is 0 Å². The Hall–Kier alpha value is -0.820. The normalized spacial score (nSPS) is 17.1. The van der Waals surface area contributed by atoms with Crippen LogP contribution in [0.5, 0.6) is 0 Å². The lowest BCUT2D eigenvalue weighted by atomic mass is 9.84. The van der Waals surface area contributed by atoms with Crippen LogP contribution in [0.2, 0.25) is 5.02 Å². The summed E-state index contributed by atoms with van der Waals surface area (Å²) in [6.07, 6.45) is 6.35. The predicted molar refractivity (Wildman–Crippen MR) is 71.5 cm³/mol. The second kappa shape index (κ2) is 5.68. The van der Waals surface area contributed by atoms with Crippen LogP contribution in [0.15, 0.2) is 18.2 Å². The van der Waals surface area contributed by atoms with Gasteiger partial charge in [-0.2, -0.15) is 0 Å². The minimum absolute atomic E-state index is 0.279. The molecule has 0 spiro atoms. The standard InChI is InChI=1S/C15H19ClO/c1-11-7-8-13(14(16)9-11)10-15(17)12-5-3-2-4-6-12/h7-9,12H,2-6,10H2,1H3. The van der Waals surface area contributed by atoms with E-state index in [2.05, 4.69) is 0 Å². The molecule has 2 rings (SSSR count). The zero-order valence-corrected chi connectivity index (χ0v) is 11.1. The average molecular weight is 251 g/mol. The second-order valence-electron chi connectivity index (χ2n) is 5.07. The summed E-state index contributed by atoms with van der Waals surface area (Å²) >= 11 is 6.16. The molecule has 1 aromatic carbocycles. The molecule has 1 nitrogen and oxygen atoms in total. The van der Waals surface area contributed by atoms with Crippen molar-refractivity contribution in [3.8, 4) is 0 Å². The van der Waals surface area contributed by atoms with Crippen LogP contribution in [0.1, 0.15) is 43.2 Å². The van der Waals surface area contributed by atoms with E-state index in [9.17, 15) is 4.79 Å². The van der Waals surface area contributed by atoms with Gasteiger partial charge in [0, 0.05) is 17.4 Å². The summed E-state index contributed by atoms with van der Waals surface area (Å²) in [5.74, 6) is 0.650. The number of benzene rings is 1. The van der Waals surface area contributed by atoms with Gasteiger partial charge in [-0.1, -0.05) is 43.0 Å². The molecule has 1 aliphatic rings. The molecule has 0 saturated heterocycles. The third-order valence-electron chi connectivity index (χ3n) is 3.63. The van der Waals surface area contributed by atoms with Gasteiger partial charge < -0.3 is 0 Å². The van der Waals surface area contributed by atoms with Crippen molar-refractivity contribution in [3.63, 3.8) is 0 Å². The fourth-order valence-electron chi connectivity index (χ4n) is 2.55. The second-order valence-corrected chi connectivity index (χ2v) is 5.48. The molecule has 0 radical (unpaired) electrons. The largest absolute Gasteiger partial charge is 0.299 e. The minimum atomic E-state index is 0.279. The summed E-state index contributed by atoms with van der Waals surface area (Å²) in [6, 6.07) is 5.94. The molecule has 0 atom stereocenters. The molecule has 0 unspecified atom stereocenters. The average Bonchev–Trinajstić information content (AvgIpc) is 2.34. The van der Waals surface area contributed by atoms with Gasteiger partial charge in [-0.15, -0.1) is 0 Å². The third kappa shape index (κ3) is 3.32. The van der Waals surface area contributed by atoms with Crippen molar-refractivity contribution in [2.75, 3.05) is 0 Å². The Morgan fingerprint density at radius 3 is 2.65 bits per heavy atom. The van der Waals surface area contributed by atoms with Crippen LogP contribution in [-0.4, -0.2) is 5.78 Å². The summed E-state index contributed by atoms with van der Waals surface area (Å²) < 4.78 is 0.